The molecule has 0 aliphatic carbocycles. The SMILES string of the molecule is Cc1cnc(C(C)(C)O)nc1-c1cccc(-n2c(C)nc(OCc3ccc(F)cc3F)c(Cl)c2=O)c1. The highest BCUT2D eigenvalue weighted by Crippen LogP contribution is 2.27. The largest absolute Gasteiger partial charge is 0.471 e. The third-order valence-electron chi connectivity index (χ3n) is 5.44. The maximum Gasteiger partial charge on any atom is 0.280 e. The molecule has 36 heavy (non-hydrogen) atoms. The third kappa shape index (κ3) is 5.12. The Labute approximate surface area is 211 Å². The van der Waals surface area contributed by atoms with Crippen molar-refractivity contribution in [1.29, 1.82) is 0 Å². The fourth-order valence-corrected chi connectivity index (χ4v) is 3.77. The summed E-state index contributed by atoms with van der Waals surface area (Å²) in [7, 11) is 0. The number of aryl methyl sites for hydroxylation is 2. The van der Waals surface area contributed by atoms with E-state index in [4.69, 9.17) is 16.3 Å². The summed E-state index contributed by atoms with van der Waals surface area (Å²) in [6.45, 7) is 6.37. The Hall–Kier alpha value is -3.69. The predicted octanol–water partition coefficient (Wildman–Crippen LogP) is 5.04. The van der Waals surface area contributed by atoms with Gasteiger partial charge in [0.05, 0.1) is 11.4 Å². The maximum absolute atomic E-state index is 13.9. The molecule has 2 heterocycles. The van der Waals surface area contributed by atoms with Gasteiger partial charge in [-0.25, -0.2) is 18.7 Å². The minimum Gasteiger partial charge on any atom is -0.471 e. The van der Waals surface area contributed by atoms with Crippen LogP contribution in [-0.4, -0.2) is 24.6 Å². The lowest BCUT2D eigenvalue weighted by Gasteiger charge is -2.18. The van der Waals surface area contributed by atoms with Crippen LogP contribution in [0.4, 0.5) is 8.78 Å². The van der Waals surface area contributed by atoms with Gasteiger partial charge >= 0.3 is 0 Å². The lowest BCUT2D eigenvalue weighted by molar-refractivity contribution is 0.0688. The van der Waals surface area contributed by atoms with Gasteiger partial charge in [-0.3, -0.25) is 9.36 Å². The second-order valence-corrected chi connectivity index (χ2v) is 9.16. The minimum absolute atomic E-state index is 0.0921. The summed E-state index contributed by atoms with van der Waals surface area (Å²) in [5.41, 5.74) is 0.877. The molecule has 4 aromatic rings. The molecule has 2 aromatic carbocycles. The van der Waals surface area contributed by atoms with Crippen LogP contribution in [0.15, 0.2) is 53.5 Å². The molecule has 0 saturated heterocycles. The van der Waals surface area contributed by atoms with Gasteiger partial charge in [0.15, 0.2) is 10.8 Å². The highest BCUT2D eigenvalue weighted by molar-refractivity contribution is 6.31. The molecule has 10 heteroatoms. The van der Waals surface area contributed by atoms with E-state index in [2.05, 4.69) is 15.0 Å². The van der Waals surface area contributed by atoms with E-state index in [1.165, 1.54) is 10.6 Å². The summed E-state index contributed by atoms with van der Waals surface area (Å²) in [6.07, 6.45) is 1.63. The van der Waals surface area contributed by atoms with Crippen molar-refractivity contribution in [2.24, 2.45) is 0 Å². The van der Waals surface area contributed by atoms with Crippen molar-refractivity contribution in [3.8, 4) is 22.8 Å². The van der Waals surface area contributed by atoms with Crippen LogP contribution in [0.1, 0.15) is 36.6 Å². The molecule has 0 amide bonds. The van der Waals surface area contributed by atoms with E-state index < -0.39 is 22.8 Å². The van der Waals surface area contributed by atoms with E-state index in [9.17, 15) is 18.7 Å². The van der Waals surface area contributed by atoms with Crippen LogP contribution in [0.2, 0.25) is 5.02 Å². The Bertz CT molecular complexity index is 1520. The van der Waals surface area contributed by atoms with Crippen LogP contribution < -0.4 is 10.3 Å². The van der Waals surface area contributed by atoms with E-state index in [0.29, 0.717) is 16.9 Å². The number of nitrogens with zero attached hydrogens (tertiary/aromatic N) is 4. The third-order valence-corrected chi connectivity index (χ3v) is 5.77. The van der Waals surface area contributed by atoms with Gasteiger partial charge in [-0.1, -0.05) is 23.7 Å². The van der Waals surface area contributed by atoms with Gasteiger partial charge in [-0.05, 0) is 57.5 Å². The Morgan fingerprint density at radius 2 is 1.86 bits per heavy atom. The average molecular weight is 513 g/mol. The van der Waals surface area contributed by atoms with E-state index in [-0.39, 0.29) is 34.7 Å². The summed E-state index contributed by atoms with van der Waals surface area (Å²) >= 11 is 6.28. The van der Waals surface area contributed by atoms with Gasteiger partial charge in [0.1, 0.15) is 29.7 Å². The number of halogens is 3. The first-order valence-corrected chi connectivity index (χ1v) is 11.4. The zero-order chi connectivity index (χ0) is 26.2. The van der Waals surface area contributed by atoms with Crippen LogP contribution in [0.5, 0.6) is 5.88 Å². The quantitative estimate of drug-likeness (QED) is 0.389. The molecule has 0 aliphatic heterocycles. The fraction of sp³-hybridized carbons (Fsp3) is 0.231. The molecule has 7 nitrogen and oxygen atoms in total. The van der Waals surface area contributed by atoms with Crippen molar-refractivity contribution >= 4 is 11.6 Å². The summed E-state index contributed by atoms with van der Waals surface area (Å²) in [6, 6.07) is 10.2. The van der Waals surface area contributed by atoms with Crippen molar-refractivity contribution in [3.05, 3.63) is 98.4 Å². The molecular weight excluding hydrogens is 490 g/mol. The van der Waals surface area contributed by atoms with Crippen LogP contribution >= 0.6 is 11.6 Å². The van der Waals surface area contributed by atoms with Crippen LogP contribution in [-0.2, 0) is 12.2 Å². The van der Waals surface area contributed by atoms with Crippen LogP contribution in [0.3, 0.4) is 0 Å². The van der Waals surface area contributed by atoms with E-state index >= 15 is 0 Å². The second-order valence-electron chi connectivity index (χ2n) is 8.78. The normalized spacial score (nSPS) is 11.6. The van der Waals surface area contributed by atoms with Crippen LogP contribution in [0, 0.1) is 25.5 Å². The number of hydrogen-bond donors (Lipinski definition) is 1. The highest BCUT2D eigenvalue weighted by atomic mass is 35.5. The van der Waals surface area contributed by atoms with Gasteiger partial charge in [0.25, 0.3) is 5.56 Å². The molecule has 4 rings (SSSR count). The van der Waals surface area contributed by atoms with E-state index in [1.54, 1.807) is 45.2 Å². The number of ether oxygens (including phenoxy) is 1. The van der Waals surface area contributed by atoms with Gasteiger partial charge in [0, 0.05) is 23.4 Å². The lowest BCUT2D eigenvalue weighted by atomic mass is 10.0. The Morgan fingerprint density at radius 1 is 1.11 bits per heavy atom. The van der Waals surface area contributed by atoms with Crippen molar-refractivity contribution in [1.82, 2.24) is 19.5 Å². The predicted molar refractivity (Wildman–Crippen MR) is 131 cm³/mol. The number of aromatic nitrogens is 4. The minimum atomic E-state index is -1.22. The molecule has 186 valence electrons. The smallest absolute Gasteiger partial charge is 0.280 e. The Morgan fingerprint density at radius 3 is 2.56 bits per heavy atom. The van der Waals surface area contributed by atoms with E-state index in [1.807, 2.05) is 13.0 Å². The number of hydrogen-bond acceptors (Lipinski definition) is 6. The van der Waals surface area contributed by atoms with Gasteiger partial charge in [0.2, 0.25) is 5.88 Å². The zero-order valence-electron chi connectivity index (χ0n) is 20.0. The molecule has 0 aliphatic rings. The molecule has 0 atom stereocenters. The van der Waals surface area contributed by atoms with Gasteiger partial charge < -0.3 is 9.84 Å². The summed E-state index contributed by atoms with van der Waals surface area (Å²) in [5.74, 6) is -1.09. The number of aliphatic hydroxyl groups is 1. The highest BCUT2D eigenvalue weighted by Gasteiger charge is 2.22. The fourth-order valence-electron chi connectivity index (χ4n) is 3.59. The molecule has 0 fully saturated rings. The standard InChI is InChI=1S/C26H23ClF2N4O3/c1-14-12-30-25(26(3,4)35)32-22(14)16-6-5-7-19(10-16)33-15(2)31-23(21(27)24(33)34)36-13-17-8-9-18(28)11-20(17)29/h5-12,35H,13H2,1-4H3. The van der Waals surface area contributed by atoms with E-state index in [0.717, 1.165) is 17.7 Å². The molecule has 0 spiro atoms. The molecule has 0 radical (unpaired) electrons. The van der Waals surface area contributed by atoms with Crippen LogP contribution in [0.25, 0.3) is 16.9 Å². The molecule has 0 unspecified atom stereocenters. The maximum atomic E-state index is 13.9. The Kier molecular flexibility index (Phi) is 6.88. The van der Waals surface area contributed by atoms with Crippen molar-refractivity contribution < 1.29 is 18.6 Å². The summed E-state index contributed by atoms with van der Waals surface area (Å²) in [4.78, 5) is 26.2. The molecule has 0 bridgehead atoms. The van der Waals surface area contributed by atoms with Gasteiger partial charge in [-0.2, -0.15) is 4.98 Å². The first-order valence-electron chi connectivity index (χ1n) is 11.0. The summed E-state index contributed by atoms with van der Waals surface area (Å²) in [5, 5.41) is 10.0. The molecule has 2 aromatic heterocycles. The number of benzene rings is 2. The molecule has 0 saturated carbocycles. The first kappa shape index (κ1) is 25.4. The zero-order valence-corrected chi connectivity index (χ0v) is 20.8. The van der Waals surface area contributed by atoms with Gasteiger partial charge in [-0.15, -0.1) is 0 Å². The monoisotopic (exact) mass is 512 g/mol. The Balaban J connectivity index is 1.70. The molecular formula is C26H23ClF2N4O3. The van der Waals surface area contributed by atoms with Crippen molar-refractivity contribution in [2.75, 3.05) is 0 Å². The van der Waals surface area contributed by atoms with Crippen molar-refractivity contribution in [2.45, 2.75) is 39.9 Å². The average Bonchev–Trinajstić information content (AvgIpc) is 2.81. The van der Waals surface area contributed by atoms with Crippen molar-refractivity contribution in [3.63, 3.8) is 0 Å². The first-order chi connectivity index (χ1) is 17.0. The summed E-state index contributed by atoms with van der Waals surface area (Å²) < 4.78 is 33.9. The lowest BCUT2D eigenvalue weighted by Crippen LogP contribution is -2.23. The number of rotatable bonds is 6. The molecule has 1 N–H and O–H groups in total. The topological polar surface area (TPSA) is 90.1 Å². The second kappa shape index (κ2) is 9.75.